The monoisotopic (exact) mass is 296 g/mol. The number of carbonyl (C=O) groups is 1. The lowest BCUT2D eigenvalue weighted by Gasteiger charge is -2.00. The molecule has 0 radical (unpaired) electrons. The molecule has 0 saturated heterocycles. The van der Waals surface area contributed by atoms with Gasteiger partial charge in [0.2, 0.25) is 5.82 Å². The molecule has 0 saturated carbocycles. The van der Waals surface area contributed by atoms with E-state index in [1.807, 2.05) is 0 Å². The fraction of sp³-hybridized carbons (Fsp3) is 0. The van der Waals surface area contributed by atoms with Gasteiger partial charge >= 0.3 is 0 Å². The van der Waals surface area contributed by atoms with Gasteiger partial charge in [0.1, 0.15) is 11.0 Å². The van der Waals surface area contributed by atoms with Crippen molar-refractivity contribution >= 4 is 22.7 Å². The zero-order valence-electron chi connectivity index (χ0n) is 10.9. The summed E-state index contributed by atoms with van der Waals surface area (Å²) in [4.78, 5) is 31.4. The average Bonchev–Trinajstić information content (AvgIpc) is 3.12. The van der Waals surface area contributed by atoms with Crippen molar-refractivity contribution in [1.29, 1.82) is 0 Å². The van der Waals surface area contributed by atoms with Gasteiger partial charge in [-0.1, -0.05) is 6.07 Å². The summed E-state index contributed by atoms with van der Waals surface area (Å²) in [7, 11) is 0. The van der Waals surface area contributed by atoms with Crippen molar-refractivity contribution in [2.45, 2.75) is 0 Å². The zero-order valence-corrected chi connectivity index (χ0v) is 10.9. The minimum absolute atomic E-state index is 0.0662. The van der Waals surface area contributed by atoms with E-state index in [1.54, 1.807) is 18.2 Å². The van der Waals surface area contributed by atoms with E-state index in [1.165, 1.54) is 6.07 Å². The molecule has 10 heteroatoms. The SMILES string of the molecule is NC(=O)c1nc2nc(-c3ccc4n[nH]nc4c3)cc(=O)n2[nH]1. The molecule has 108 valence electrons. The predicted octanol–water partition coefficient (Wildman–Crippen LogP) is -0.545. The molecule has 1 amide bonds. The maximum absolute atomic E-state index is 12.1. The number of nitrogens with two attached hydrogens (primary N) is 1. The first-order valence-corrected chi connectivity index (χ1v) is 6.22. The Bertz CT molecular complexity index is 1090. The Hall–Kier alpha value is -3.56. The molecular weight excluding hydrogens is 288 g/mol. The fourth-order valence-electron chi connectivity index (χ4n) is 2.14. The summed E-state index contributed by atoms with van der Waals surface area (Å²) in [6.45, 7) is 0. The van der Waals surface area contributed by atoms with Crippen LogP contribution in [-0.2, 0) is 0 Å². The summed E-state index contributed by atoms with van der Waals surface area (Å²) in [5.41, 5.74) is 7.19. The van der Waals surface area contributed by atoms with Crippen LogP contribution in [-0.4, -0.2) is 40.9 Å². The molecule has 0 aliphatic carbocycles. The molecule has 4 rings (SSSR count). The van der Waals surface area contributed by atoms with Gasteiger partial charge < -0.3 is 5.73 Å². The minimum atomic E-state index is -0.768. The van der Waals surface area contributed by atoms with Gasteiger partial charge in [0.25, 0.3) is 17.2 Å². The minimum Gasteiger partial charge on any atom is -0.363 e. The van der Waals surface area contributed by atoms with Gasteiger partial charge in [-0.2, -0.15) is 24.9 Å². The van der Waals surface area contributed by atoms with Gasteiger partial charge in [-0.15, -0.1) is 0 Å². The smallest absolute Gasteiger partial charge is 0.286 e. The molecule has 10 nitrogen and oxygen atoms in total. The number of hydrogen-bond acceptors (Lipinski definition) is 6. The Kier molecular flexibility index (Phi) is 2.34. The Morgan fingerprint density at radius 1 is 1.14 bits per heavy atom. The van der Waals surface area contributed by atoms with E-state index in [2.05, 4.69) is 30.5 Å². The molecule has 0 fully saturated rings. The molecule has 0 aliphatic rings. The molecule has 4 aromatic rings. The highest BCUT2D eigenvalue weighted by molar-refractivity contribution is 5.89. The highest BCUT2D eigenvalue weighted by Gasteiger charge is 2.12. The van der Waals surface area contributed by atoms with Crippen molar-refractivity contribution in [3.05, 3.63) is 40.4 Å². The number of amides is 1. The lowest BCUT2D eigenvalue weighted by Crippen LogP contribution is -2.16. The summed E-state index contributed by atoms with van der Waals surface area (Å²) in [6.07, 6.45) is 0. The first-order valence-electron chi connectivity index (χ1n) is 6.22. The molecule has 0 bridgehead atoms. The third-order valence-corrected chi connectivity index (χ3v) is 3.18. The zero-order chi connectivity index (χ0) is 15.3. The predicted molar refractivity (Wildman–Crippen MR) is 75.0 cm³/mol. The number of H-pyrrole nitrogens is 2. The highest BCUT2D eigenvalue weighted by atomic mass is 16.1. The number of benzene rings is 1. The first-order chi connectivity index (χ1) is 10.6. The average molecular weight is 296 g/mol. The third-order valence-electron chi connectivity index (χ3n) is 3.18. The fourth-order valence-corrected chi connectivity index (χ4v) is 2.14. The molecule has 3 heterocycles. The van der Waals surface area contributed by atoms with Crippen molar-refractivity contribution in [3.63, 3.8) is 0 Å². The topological polar surface area (TPSA) is 148 Å². The third kappa shape index (κ3) is 1.74. The van der Waals surface area contributed by atoms with Crippen molar-refractivity contribution < 1.29 is 4.79 Å². The van der Waals surface area contributed by atoms with Crippen molar-refractivity contribution in [2.24, 2.45) is 5.73 Å². The summed E-state index contributed by atoms with van der Waals surface area (Å²) >= 11 is 0. The Balaban J connectivity index is 1.94. The number of aromatic nitrogens is 7. The molecular formula is C12H8N8O2. The van der Waals surface area contributed by atoms with E-state index in [4.69, 9.17) is 5.73 Å². The van der Waals surface area contributed by atoms with Crippen LogP contribution in [0, 0.1) is 0 Å². The van der Waals surface area contributed by atoms with Gasteiger partial charge in [0, 0.05) is 11.6 Å². The number of hydrogen-bond donors (Lipinski definition) is 3. The molecule has 0 aliphatic heterocycles. The normalized spacial score (nSPS) is 11.3. The Labute approximate surface area is 121 Å². The maximum atomic E-state index is 12.1. The largest absolute Gasteiger partial charge is 0.363 e. The quantitative estimate of drug-likeness (QED) is 0.452. The molecule has 3 aromatic heterocycles. The second kappa shape index (κ2) is 4.22. The van der Waals surface area contributed by atoms with Crippen LogP contribution in [0.5, 0.6) is 0 Å². The van der Waals surface area contributed by atoms with Crippen LogP contribution in [0.1, 0.15) is 10.6 Å². The van der Waals surface area contributed by atoms with E-state index < -0.39 is 11.5 Å². The summed E-state index contributed by atoms with van der Waals surface area (Å²) in [5.74, 6) is -0.833. The van der Waals surface area contributed by atoms with E-state index in [0.717, 1.165) is 4.52 Å². The van der Waals surface area contributed by atoms with Crippen LogP contribution >= 0.6 is 0 Å². The van der Waals surface area contributed by atoms with Crippen LogP contribution in [0.3, 0.4) is 0 Å². The van der Waals surface area contributed by atoms with Gasteiger partial charge in [0.05, 0.1) is 5.69 Å². The van der Waals surface area contributed by atoms with E-state index in [0.29, 0.717) is 22.3 Å². The van der Waals surface area contributed by atoms with Crippen LogP contribution in [0.15, 0.2) is 29.1 Å². The van der Waals surface area contributed by atoms with Crippen LogP contribution < -0.4 is 11.3 Å². The maximum Gasteiger partial charge on any atom is 0.286 e. The number of fused-ring (bicyclic) bond motifs is 2. The lowest BCUT2D eigenvalue weighted by atomic mass is 10.1. The van der Waals surface area contributed by atoms with Gasteiger partial charge in [-0.25, -0.2) is 4.98 Å². The van der Waals surface area contributed by atoms with E-state index >= 15 is 0 Å². The molecule has 0 unspecified atom stereocenters. The molecule has 0 spiro atoms. The number of rotatable bonds is 2. The molecule has 4 N–H and O–H groups in total. The van der Waals surface area contributed by atoms with Crippen molar-refractivity contribution in [2.75, 3.05) is 0 Å². The highest BCUT2D eigenvalue weighted by Crippen LogP contribution is 2.19. The second-order valence-electron chi connectivity index (χ2n) is 4.58. The summed E-state index contributed by atoms with van der Waals surface area (Å²) in [5, 5.41) is 13.0. The number of nitrogens with one attached hydrogen (secondary N) is 2. The van der Waals surface area contributed by atoms with Gasteiger partial charge in [-0.3, -0.25) is 14.7 Å². The molecule has 0 atom stereocenters. The van der Waals surface area contributed by atoms with Gasteiger partial charge in [-0.05, 0) is 12.1 Å². The summed E-state index contributed by atoms with van der Waals surface area (Å²) in [6, 6.07) is 6.61. The van der Waals surface area contributed by atoms with Crippen LogP contribution in [0.4, 0.5) is 0 Å². The lowest BCUT2D eigenvalue weighted by molar-refractivity contribution is 0.0990. The molecule has 1 aromatic carbocycles. The van der Waals surface area contributed by atoms with E-state index in [9.17, 15) is 9.59 Å². The first kappa shape index (κ1) is 12.2. The Morgan fingerprint density at radius 3 is 2.77 bits per heavy atom. The standard InChI is InChI=1S/C12H8N8O2/c13-10(22)11-15-12-14-7(4-9(21)20(12)18-11)5-1-2-6-8(3-5)17-19-16-6/h1-4H,(H2,13,22)(H,14,15,18)(H,16,17,19). The Morgan fingerprint density at radius 2 is 1.95 bits per heavy atom. The van der Waals surface area contributed by atoms with Crippen LogP contribution in [0.25, 0.3) is 28.1 Å². The van der Waals surface area contributed by atoms with Crippen LogP contribution in [0.2, 0.25) is 0 Å². The number of carbonyl (C=O) groups excluding carboxylic acids is 1. The van der Waals surface area contributed by atoms with Crippen molar-refractivity contribution in [3.8, 4) is 11.3 Å². The number of aromatic amines is 2. The van der Waals surface area contributed by atoms with Crippen molar-refractivity contribution in [1.82, 2.24) is 35.0 Å². The van der Waals surface area contributed by atoms with Gasteiger partial charge in [0.15, 0.2) is 0 Å². The second-order valence-corrected chi connectivity index (χ2v) is 4.58. The number of nitrogens with zero attached hydrogens (tertiary/aromatic N) is 5. The van der Waals surface area contributed by atoms with E-state index in [-0.39, 0.29) is 11.6 Å². The summed E-state index contributed by atoms with van der Waals surface area (Å²) < 4.78 is 1.05. The molecule has 22 heavy (non-hydrogen) atoms. The number of primary amides is 1.